The number of amides is 1. The summed E-state index contributed by atoms with van der Waals surface area (Å²) in [6.07, 6.45) is 0.630. The smallest absolute Gasteiger partial charge is 0.223 e. The van der Waals surface area contributed by atoms with Crippen LogP contribution in [0.3, 0.4) is 0 Å². The number of ether oxygens (including phenoxy) is 1. The van der Waals surface area contributed by atoms with Crippen LogP contribution in [0.2, 0.25) is 0 Å². The number of carbonyl (C=O) groups is 1. The van der Waals surface area contributed by atoms with Gasteiger partial charge in [-0.1, -0.05) is 0 Å². The predicted octanol–water partition coefficient (Wildman–Crippen LogP) is 0.349. The average molecular weight is 255 g/mol. The minimum absolute atomic E-state index is 0. The normalized spacial score (nSPS) is 15.9. The van der Waals surface area contributed by atoms with E-state index in [-0.39, 0.29) is 18.3 Å². The fraction of sp³-hybridized carbons (Fsp3) is 0.889. The zero-order valence-electron chi connectivity index (χ0n) is 8.81. The van der Waals surface area contributed by atoms with Gasteiger partial charge in [0.15, 0.2) is 0 Å². The molecule has 1 aliphatic rings. The van der Waals surface area contributed by atoms with Crippen molar-refractivity contribution >= 4 is 30.1 Å². The summed E-state index contributed by atoms with van der Waals surface area (Å²) in [4.78, 5) is 13.5. The quantitative estimate of drug-likeness (QED) is 0.720. The van der Waals surface area contributed by atoms with Gasteiger partial charge in [0.2, 0.25) is 5.91 Å². The molecule has 6 heteroatoms. The largest absolute Gasteiger partial charge is 0.378 e. The number of hydrogen-bond acceptors (Lipinski definition) is 4. The summed E-state index contributed by atoms with van der Waals surface area (Å²) >= 11 is 1.74. The highest BCUT2D eigenvalue weighted by Crippen LogP contribution is 2.05. The van der Waals surface area contributed by atoms with Crippen LogP contribution < -0.4 is 5.73 Å². The molecule has 1 aliphatic heterocycles. The van der Waals surface area contributed by atoms with E-state index in [1.54, 1.807) is 11.8 Å². The first-order valence-electron chi connectivity index (χ1n) is 4.98. The predicted molar refractivity (Wildman–Crippen MR) is 65.6 cm³/mol. The Kier molecular flexibility index (Phi) is 9.29. The van der Waals surface area contributed by atoms with Crippen molar-refractivity contribution in [2.24, 2.45) is 5.73 Å². The van der Waals surface area contributed by atoms with E-state index >= 15 is 0 Å². The lowest BCUT2D eigenvalue weighted by atomic mass is 10.3. The first-order chi connectivity index (χ1) is 6.84. The van der Waals surface area contributed by atoms with Gasteiger partial charge in [-0.25, -0.2) is 0 Å². The number of carbonyl (C=O) groups excluding carboxylic acids is 1. The Hall–Kier alpha value is 0.0300. The van der Waals surface area contributed by atoms with E-state index in [0.717, 1.165) is 24.6 Å². The molecule has 15 heavy (non-hydrogen) atoms. The molecule has 0 aromatic rings. The minimum atomic E-state index is 0. The fourth-order valence-electron chi connectivity index (χ4n) is 1.32. The second kappa shape index (κ2) is 9.27. The van der Waals surface area contributed by atoms with E-state index in [9.17, 15) is 4.79 Å². The molecule has 0 spiro atoms. The van der Waals surface area contributed by atoms with Gasteiger partial charge in [-0.05, 0) is 0 Å². The van der Waals surface area contributed by atoms with Crippen LogP contribution in [0.5, 0.6) is 0 Å². The number of morpholine rings is 1. The molecule has 0 saturated carbocycles. The number of rotatable bonds is 5. The highest BCUT2D eigenvalue weighted by atomic mass is 35.5. The maximum Gasteiger partial charge on any atom is 0.223 e. The topological polar surface area (TPSA) is 55.6 Å². The number of hydrogen-bond donors (Lipinski definition) is 1. The third kappa shape index (κ3) is 6.25. The van der Waals surface area contributed by atoms with Crippen molar-refractivity contribution in [3.05, 3.63) is 0 Å². The summed E-state index contributed by atoms with van der Waals surface area (Å²) in [5.74, 6) is 2.07. The van der Waals surface area contributed by atoms with Gasteiger partial charge in [-0.2, -0.15) is 11.8 Å². The van der Waals surface area contributed by atoms with E-state index in [1.807, 2.05) is 4.90 Å². The highest BCUT2D eigenvalue weighted by molar-refractivity contribution is 7.99. The molecular weight excluding hydrogens is 236 g/mol. The third-order valence-electron chi connectivity index (χ3n) is 2.09. The van der Waals surface area contributed by atoms with E-state index in [0.29, 0.717) is 26.2 Å². The van der Waals surface area contributed by atoms with Crippen LogP contribution in [-0.4, -0.2) is 55.2 Å². The summed E-state index contributed by atoms with van der Waals surface area (Å²) in [7, 11) is 0. The van der Waals surface area contributed by atoms with E-state index in [4.69, 9.17) is 10.5 Å². The molecule has 0 aromatic carbocycles. The maximum atomic E-state index is 11.6. The Morgan fingerprint density at radius 3 is 2.60 bits per heavy atom. The van der Waals surface area contributed by atoms with Gasteiger partial charge in [0, 0.05) is 37.6 Å². The zero-order chi connectivity index (χ0) is 10.2. The van der Waals surface area contributed by atoms with Gasteiger partial charge in [0.25, 0.3) is 0 Å². The van der Waals surface area contributed by atoms with Crippen LogP contribution in [0.4, 0.5) is 0 Å². The lowest BCUT2D eigenvalue weighted by Gasteiger charge is -2.26. The molecule has 1 fully saturated rings. The van der Waals surface area contributed by atoms with Crippen LogP contribution in [0.1, 0.15) is 6.42 Å². The second-order valence-electron chi connectivity index (χ2n) is 3.14. The fourth-order valence-corrected chi connectivity index (χ4v) is 2.01. The Bertz CT molecular complexity index is 177. The number of nitrogens with zero attached hydrogens (tertiary/aromatic N) is 1. The van der Waals surface area contributed by atoms with Crippen molar-refractivity contribution in [1.29, 1.82) is 0 Å². The molecule has 4 nitrogen and oxygen atoms in total. The summed E-state index contributed by atoms with van der Waals surface area (Å²) in [6, 6.07) is 0. The van der Waals surface area contributed by atoms with Crippen molar-refractivity contribution in [2.75, 3.05) is 44.4 Å². The van der Waals surface area contributed by atoms with Crippen molar-refractivity contribution in [2.45, 2.75) is 6.42 Å². The molecule has 0 bridgehead atoms. The maximum absolute atomic E-state index is 11.6. The van der Waals surface area contributed by atoms with Crippen molar-refractivity contribution in [3.8, 4) is 0 Å². The monoisotopic (exact) mass is 254 g/mol. The first kappa shape index (κ1) is 15.0. The third-order valence-corrected chi connectivity index (χ3v) is 3.10. The lowest BCUT2D eigenvalue weighted by Crippen LogP contribution is -2.40. The van der Waals surface area contributed by atoms with Gasteiger partial charge in [0.05, 0.1) is 13.2 Å². The van der Waals surface area contributed by atoms with Crippen LogP contribution in [0.25, 0.3) is 0 Å². The first-order valence-corrected chi connectivity index (χ1v) is 6.13. The summed E-state index contributed by atoms with van der Waals surface area (Å²) in [5.41, 5.74) is 5.36. The van der Waals surface area contributed by atoms with E-state index < -0.39 is 0 Å². The number of halogens is 1. The van der Waals surface area contributed by atoms with Crippen molar-refractivity contribution in [3.63, 3.8) is 0 Å². The molecule has 0 atom stereocenters. The van der Waals surface area contributed by atoms with Gasteiger partial charge >= 0.3 is 0 Å². The van der Waals surface area contributed by atoms with Gasteiger partial charge in [0.1, 0.15) is 0 Å². The molecule has 0 unspecified atom stereocenters. The van der Waals surface area contributed by atoms with Crippen LogP contribution in [0.15, 0.2) is 0 Å². The Balaban J connectivity index is 0.00000196. The minimum Gasteiger partial charge on any atom is -0.378 e. The molecule has 0 radical (unpaired) electrons. The standard InChI is InChI=1S/C9H18N2O2S.ClH/c10-2-8-14-7-1-9(12)11-3-5-13-6-4-11;/h1-8,10H2;1H. The molecule has 1 heterocycles. The SMILES string of the molecule is Cl.NCCSCCC(=O)N1CCOCC1. The molecule has 0 aliphatic carbocycles. The molecule has 1 saturated heterocycles. The average Bonchev–Trinajstić information content (AvgIpc) is 2.25. The van der Waals surface area contributed by atoms with Gasteiger partial charge < -0.3 is 15.4 Å². The Morgan fingerprint density at radius 2 is 2.00 bits per heavy atom. The lowest BCUT2D eigenvalue weighted by molar-refractivity contribution is -0.134. The van der Waals surface area contributed by atoms with Crippen LogP contribution in [0, 0.1) is 0 Å². The molecular formula is C9H19ClN2O2S. The van der Waals surface area contributed by atoms with Gasteiger partial charge in [-0.3, -0.25) is 4.79 Å². The van der Waals surface area contributed by atoms with Gasteiger partial charge in [-0.15, -0.1) is 12.4 Å². The molecule has 90 valence electrons. The van der Waals surface area contributed by atoms with Crippen molar-refractivity contribution in [1.82, 2.24) is 4.90 Å². The summed E-state index contributed by atoms with van der Waals surface area (Å²) < 4.78 is 5.18. The Morgan fingerprint density at radius 1 is 1.33 bits per heavy atom. The van der Waals surface area contributed by atoms with E-state index in [2.05, 4.69) is 0 Å². The molecule has 0 aromatic heterocycles. The Labute approximate surface area is 101 Å². The highest BCUT2D eigenvalue weighted by Gasteiger charge is 2.15. The number of nitrogens with two attached hydrogens (primary N) is 1. The molecule has 1 rings (SSSR count). The zero-order valence-corrected chi connectivity index (χ0v) is 10.4. The summed E-state index contributed by atoms with van der Waals surface area (Å²) in [6.45, 7) is 3.56. The van der Waals surface area contributed by atoms with E-state index in [1.165, 1.54) is 0 Å². The van der Waals surface area contributed by atoms with Crippen LogP contribution in [-0.2, 0) is 9.53 Å². The van der Waals surface area contributed by atoms with Crippen LogP contribution >= 0.6 is 24.2 Å². The number of thioether (sulfide) groups is 1. The molecule has 2 N–H and O–H groups in total. The molecule has 1 amide bonds. The summed E-state index contributed by atoms with van der Waals surface area (Å²) in [5, 5.41) is 0. The second-order valence-corrected chi connectivity index (χ2v) is 4.37. The van der Waals surface area contributed by atoms with Crippen molar-refractivity contribution < 1.29 is 9.53 Å².